The fourth-order valence-electron chi connectivity index (χ4n) is 2.58. The Labute approximate surface area is 169 Å². The molecule has 0 unspecified atom stereocenters. The molecule has 28 heavy (non-hydrogen) atoms. The summed E-state index contributed by atoms with van der Waals surface area (Å²) in [5.74, 6) is 0.424. The molecular formula is C20H15FN4OS2. The highest BCUT2D eigenvalue weighted by Crippen LogP contribution is 2.32. The summed E-state index contributed by atoms with van der Waals surface area (Å²) in [5, 5.41) is 5.80. The number of halogens is 1. The molecule has 8 heteroatoms. The first-order valence-electron chi connectivity index (χ1n) is 8.42. The smallest absolute Gasteiger partial charge is 0.236 e. The van der Waals surface area contributed by atoms with Gasteiger partial charge in [-0.15, -0.1) is 11.3 Å². The molecule has 2 N–H and O–H groups in total. The molecule has 0 radical (unpaired) electrons. The topological polar surface area (TPSA) is 70.7 Å². The first-order valence-corrected chi connectivity index (χ1v) is 10.3. The maximum atomic E-state index is 13.3. The van der Waals surface area contributed by atoms with Crippen molar-refractivity contribution in [3.05, 3.63) is 72.0 Å². The van der Waals surface area contributed by atoms with Crippen LogP contribution in [0.4, 0.5) is 9.52 Å². The standard InChI is InChI=1S/C20H15FN4OS2/c21-15-8-6-13(7-9-15)17-19(25-18(24-17)14-4-2-1-3-5-14)28-12-16(26)23-20-22-10-11-27-20/h1-11H,12H2,(H,24,25)(H,22,23,26). The zero-order chi connectivity index (χ0) is 19.3. The first-order chi connectivity index (χ1) is 13.7. The van der Waals surface area contributed by atoms with Gasteiger partial charge in [0.15, 0.2) is 5.13 Å². The molecule has 2 heterocycles. The fourth-order valence-corrected chi connectivity index (χ4v) is 3.94. The lowest BCUT2D eigenvalue weighted by Gasteiger charge is -2.03. The summed E-state index contributed by atoms with van der Waals surface area (Å²) in [6.45, 7) is 0. The molecule has 0 spiro atoms. The highest BCUT2D eigenvalue weighted by Gasteiger charge is 2.16. The molecule has 0 saturated carbocycles. The molecule has 2 aromatic carbocycles. The van der Waals surface area contributed by atoms with E-state index in [2.05, 4.69) is 20.3 Å². The van der Waals surface area contributed by atoms with Crippen molar-refractivity contribution in [3.63, 3.8) is 0 Å². The van der Waals surface area contributed by atoms with E-state index in [-0.39, 0.29) is 17.5 Å². The van der Waals surface area contributed by atoms with Crippen LogP contribution in [0.2, 0.25) is 0 Å². The van der Waals surface area contributed by atoms with Crippen molar-refractivity contribution in [2.24, 2.45) is 0 Å². The number of benzene rings is 2. The summed E-state index contributed by atoms with van der Waals surface area (Å²) < 4.78 is 13.3. The van der Waals surface area contributed by atoms with Crippen molar-refractivity contribution in [3.8, 4) is 22.6 Å². The molecule has 0 saturated heterocycles. The van der Waals surface area contributed by atoms with Gasteiger partial charge in [0.25, 0.3) is 0 Å². The van der Waals surface area contributed by atoms with Crippen LogP contribution in [0.1, 0.15) is 0 Å². The number of H-pyrrole nitrogens is 1. The second-order valence-corrected chi connectivity index (χ2v) is 7.67. The molecule has 140 valence electrons. The number of carbonyl (C=O) groups is 1. The second kappa shape index (κ2) is 8.37. The van der Waals surface area contributed by atoms with Gasteiger partial charge in [-0.3, -0.25) is 4.79 Å². The molecular weight excluding hydrogens is 395 g/mol. The Bertz CT molecular complexity index is 1060. The molecule has 0 aliphatic heterocycles. The molecule has 4 rings (SSSR count). The SMILES string of the molecule is O=C(CSc1nc(-c2ccccc2)[nH]c1-c1ccc(F)cc1)Nc1nccs1. The number of thioether (sulfide) groups is 1. The Morgan fingerprint density at radius 3 is 2.61 bits per heavy atom. The van der Waals surface area contributed by atoms with Gasteiger partial charge in [-0.05, 0) is 24.3 Å². The third kappa shape index (κ3) is 4.29. The number of imidazole rings is 1. The summed E-state index contributed by atoms with van der Waals surface area (Å²) in [5.41, 5.74) is 2.50. The van der Waals surface area contributed by atoms with Gasteiger partial charge in [0.2, 0.25) is 5.91 Å². The van der Waals surface area contributed by atoms with Gasteiger partial charge in [0.05, 0.1) is 11.4 Å². The number of amides is 1. The Hall–Kier alpha value is -2.97. The van der Waals surface area contributed by atoms with E-state index in [1.54, 1.807) is 23.7 Å². The zero-order valence-corrected chi connectivity index (χ0v) is 16.2. The molecule has 0 fully saturated rings. The number of aromatic amines is 1. The molecule has 0 bridgehead atoms. The Morgan fingerprint density at radius 1 is 1.11 bits per heavy atom. The maximum Gasteiger partial charge on any atom is 0.236 e. The second-order valence-electron chi connectivity index (χ2n) is 5.81. The fraction of sp³-hybridized carbons (Fsp3) is 0.0500. The highest BCUT2D eigenvalue weighted by atomic mass is 32.2. The predicted molar refractivity (Wildman–Crippen MR) is 111 cm³/mol. The van der Waals surface area contributed by atoms with Gasteiger partial charge in [-0.2, -0.15) is 0 Å². The molecule has 0 aliphatic carbocycles. The van der Waals surface area contributed by atoms with Gasteiger partial charge in [-0.1, -0.05) is 42.1 Å². The van der Waals surface area contributed by atoms with Crippen molar-refractivity contribution >= 4 is 34.1 Å². The highest BCUT2D eigenvalue weighted by molar-refractivity contribution is 8.00. The molecule has 4 aromatic rings. The Kier molecular flexibility index (Phi) is 5.50. The number of nitrogens with one attached hydrogen (secondary N) is 2. The number of hydrogen-bond donors (Lipinski definition) is 2. The lowest BCUT2D eigenvalue weighted by Crippen LogP contribution is -2.13. The van der Waals surface area contributed by atoms with Crippen LogP contribution >= 0.6 is 23.1 Å². The van der Waals surface area contributed by atoms with E-state index >= 15 is 0 Å². The molecule has 1 amide bonds. The van der Waals surface area contributed by atoms with Crippen LogP contribution < -0.4 is 5.32 Å². The number of rotatable bonds is 6. The van der Waals surface area contributed by atoms with E-state index in [4.69, 9.17) is 0 Å². The zero-order valence-electron chi connectivity index (χ0n) is 14.6. The van der Waals surface area contributed by atoms with Gasteiger partial charge < -0.3 is 10.3 Å². The van der Waals surface area contributed by atoms with Crippen molar-refractivity contribution in [1.29, 1.82) is 0 Å². The van der Waals surface area contributed by atoms with Crippen molar-refractivity contribution in [2.75, 3.05) is 11.1 Å². The number of carbonyl (C=O) groups excluding carboxylic acids is 1. The first kappa shape index (κ1) is 18.4. The van der Waals surface area contributed by atoms with Crippen LogP contribution in [0.3, 0.4) is 0 Å². The lowest BCUT2D eigenvalue weighted by atomic mass is 10.2. The third-order valence-electron chi connectivity index (χ3n) is 3.87. The lowest BCUT2D eigenvalue weighted by molar-refractivity contribution is -0.113. The minimum atomic E-state index is -0.302. The summed E-state index contributed by atoms with van der Waals surface area (Å²) in [7, 11) is 0. The summed E-state index contributed by atoms with van der Waals surface area (Å²) in [6, 6.07) is 15.9. The van der Waals surface area contributed by atoms with Crippen LogP contribution in [0.15, 0.2) is 71.2 Å². The Balaban J connectivity index is 1.59. The van der Waals surface area contributed by atoms with E-state index in [1.165, 1.54) is 35.2 Å². The van der Waals surface area contributed by atoms with Gasteiger partial charge >= 0.3 is 0 Å². The minimum absolute atomic E-state index is 0.158. The monoisotopic (exact) mass is 410 g/mol. The van der Waals surface area contributed by atoms with E-state index in [9.17, 15) is 9.18 Å². The van der Waals surface area contributed by atoms with Crippen LogP contribution in [-0.4, -0.2) is 26.6 Å². The molecule has 5 nitrogen and oxygen atoms in total. The average Bonchev–Trinajstić information content (AvgIpc) is 3.38. The van der Waals surface area contributed by atoms with E-state index in [1.807, 2.05) is 30.3 Å². The number of nitrogens with zero attached hydrogens (tertiary/aromatic N) is 2. The van der Waals surface area contributed by atoms with Crippen LogP contribution in [0.25, 0.3) is 22.6 Å². The quantitative estimate of drug-likeness (QED) is 0.436. The third-order valence-corrected chi connectivity index (χ3v) is 5.53. The predicted octanol–water partition coefficient (Wildman–Crippen LogP) is 5.07. The van der Waals surface area contributed by atoms with Gasteiger partial charge in [0.1, 0.15) is 16.7 Å². The normalized spacial score (nSPS) is 10.8. The number of aromatic nitrogens is 3. The van der Waals surface area contributed by atoms with Gasteiger partial charge in [-0.25, -0.2) is 14.4 Å². The van der Waals surface area contributed by atoms with Crippen molar-refractivity contribution < 1.29 is 9.18 Å². The molecule has 0 atom stereocenters. The summed E-state index contributed by atoms with van der Waals surface area (Å²) in [4.78, 5) is 24.2. The Morgan fingerprint density at radius 2 is 1.89 bits per heavy atom. The van der Waals surface area contributed by atoms with Gasteiger partial charge in [0, 0.05) is 22.7 Å². The van der Waals surface area contributed by atoms with E-state index in [0.717, 1.165) is 16.8 Å². The van der Waals surface area contributed by atoms with Crippen LogP contribution in [0.5, 0.6) is 0 Å². The average molecular weight is 410 g/mol. The molecule has 0 aliphatic rings. The maximum absolute atomic E-state index is 13.3. The number of hydrogen-bond acceptors (Lipinski definition) is 5. The van der Waals surface area contributed by atoms with Crippen molar-refractivity contribution in [2.45, 2.75) is 5.03 Å². The van der Waals surface area contributed by atoms with Crippen LogP contribution in [-0.2, 0) is 4.79 Å². The number of thiazole rings is 1. The molecule has 2 aromatic heterocycles. The van der Waals surface area contributed by atoms with Crippen LogP contribution in [0, 0.1) is 5.82 Å². The minimum Gasteiger partial charge on any atom is -0.337 e. The number of anilines is 1. The van der Waals surface area contributed by atoms with E-state index in [0.29, 0.717) is 16.0 Å². The summed E-state index contributed by atoms with van der Waals surface area (Å²) >= 11 is 2.69. The largest absolute Gasteiger partial charge is 0.337 e. The summed E-state index contributed by atoms with van der Waals surface area (Å²) in [6.07, 6.45) is 1.64. The van der Waals surface area contributed by atoms with Crippen molar-refractivity contribution in [1.82, 2.24) is 15.0 Å². The van der Waals surface area contributed by atoms with E-state index < -0.39 is 0 Å².